The van der Waals surface area contributed by atoms with E-state index in [-0.39, 0.29) is 0 Å². The molecule has 1 atom stereocenters. The lowest BCUT2D eigenvalue weighted by Crippen LogP contribution is -2.07. The van der Waals surface area contributed by atoms with Crippen LogP contribution in [0.3, 0.4) is 0 Å². The summed E-state index contributed by atoms with van der Waals surface area (Å²) >= 11 is 0. The van der Waals surface area contributed by atoms with Gasteiger partial charge in [0, 0.05) is 18.6 Å². The maximum atomic E-state index is 13.5. The number of fused-ring (bicyclic) bond motifs is 1. The number of hydrogen-bond donors (Lipinski definition) is 0. The third kappa shape index (κ3) is 4.96. The van der Waals surface area contributed by atoms with E-state index in [1.165, 1.54) is 19.8 Å². The van der Waals surface area contributed by atoms with Crippen molar-refractivity contribution >= 4 is 11.1 Å². The Balaban J connectivity index is 1.59. The van der Waals surface area contributed by atoms with Gasteiger partial charge in [0.15, 0.2) is 17.1 Å². The van der Waals surface area contributed by atoms with Crippen LogP contribution in [-0.4, -0.2) is 29.5 Å². The van der Waals surface area contributed by atoms with E-state index in [9.17, 15) is 4.39 Å². The third-order valence-corrected chi connectivity index (χ3v) is 4.47. The van der Waals surface area contributed by atoms with Gasteiger partial charge >= 0.3 is 0 Å². The van der Waals surface area contributed by atoms with Crippen molar-refractivity contribution in [3.63, 3.8) is 0 Å². The van der Waals surface area contributed by atoms with Crippen molar-refractivity contribution in [2.45, 2.75) is 40.0 Å². The van der Waals surface area contributed by atoms with Gasteiger partial charge < -0.3 is 18.6 Å². The van der Waals surface area contributed by atoms with Crippen LogP contribution < -0.4 is 14.2 Å². The zero-order chi connectivity index (χ0) is 20.4. The number of oxazole rings is 1. The first-order valence-electron chi connectivity index (χ1n) is 9.95. The fourth-order valence-corrected chi connectivity index (χ4v) is 2.79. The molecule has 0 spiro atoms. The molecule has 1 saturated carbocycles. The van der Waals surface area contributed by atoms with Crippen LogP contribution in [0.25, 0.3) is 22.6 Å². The average molecular weight is 400 g/mol. The average Bonchev–Trinajstić information content (AvgIpc) is 3.41. The third-order valence-electron chi connectivity index (χ3n) is 4.47. The maximum absolute atomic E-state index is 13.5. The molecule has 0 radical (unpaired) electrons. The van der Waals surface area contributed by atoms with Crippen molar-refractivity contribution < 1.29 is 23.0 Å². The Bertz CT molecular complexity index is 982. The molecule has 7 heteroatoms. The fraction of sp³-hybridized carbons (Fsp3) is 0.455. The predicted octanol–water partition coefficient (Wildman–Crippen LogP) is 5.41. The standard InChI is InChI=1S/C22H25FN2O4/c1-13(2)11-27-21-9-19-17(10-24-21)25-22(29-19)16-6-7-18(26-12-15-4-5-15)20(8-16)28-14(3)23/h6-10,13-15H,4-5,11-12H2,1-3H3. The quantitative estimate of drug-likeness (QED) is 0.479. The van der Waals surface area contributed by atoms with Gasteiger partial charge in [0.2, 0.25) is 18.1 Å². The summed E-state index contributed by atoms with van der Waals surface area (Å²) < 4.78 is 36.2. The molecule has 1 aliphatic rings. The van der Waals surface area contributed by atoms with E-state index in [1.807, 2.05) is 6.07 Å². The van der Waals surface area contributed by atoms with Gasteiger partial charge in [-0.3, -0.25) is 0 Å². The first-order chi connectivity index (χ1) is 14.0. The van der Waals surface area contributed by atoms with E-state index >= 15 is 0 Å². The van der Waals surface area contributed by atoms with Gasteiger partial charge in [0.1, 0.15) is 5.52 Å². The SMILES string of the molecule is CC(C)COc1cc2oc(-c3ccc(OCC4CC4)c(OC(C)F)c3)nc2cn1. The Morgan fingerprint density at radius 2 is 1.97 bits per heavy atom. The van der Waals surface area contributed by atoms with Crippen LogP contribution in [0.1, 0.15) is 33.6 Å². The first-order valence-corrected chi connectivity index (χ1v) is 9.95. The number of nitrogens with zero attached hydrogens (tertiary/aromatic N) is 2. The molecule has 0 amide bonds. The molecule has 4 rings (SSSR count). The molecule has 154 valence electrons. The van der Waals surface area contributed by atoms with Gasteiger partial charge in [-0.05, 0) is 42.9 Å². The molecule has 0 aliphatic heterocycles. The minimum absolute atomic E-state index is 0.333. The number of pyridine rings is 1. The van der Waals surface area contributed by atoms with Crippen LogP contribution >= 0.6 is 0 Å². The summed E-state index contributed by atoms with van der Waals surface area (Å²) in [6.07, 6.45) is 2.51. The molecule has 3 aromatic rings. The van der Waals surface area contributed by atoms with Gasteiger partial charge in [0.05, 0.1) is 19.4 Å². The van der Waals surface area contributed by atoms with E-state index in [2.05, 4.69) is 23.8 Å². The normalized spacial score (nSPS) is 14.9. The largest absolute Gasteiger partial charge is 0.489 e. The summed E-state index contributed by atoms with van der Waals surface area (Å²) in [4.78, 5) is 8.74. The zero-order valence-electron chi connectivity index (χ0n) is 16.9. The van der Waals surface area contributed by atoms with Gasteiger partial charge in [-0.15, -0.1) is 0 Å². The van der Waals surface area contributed by atoms with Gasteiger partial charge in [-0.1, -0.05) is 13.8 Å². The molecular weight excluding hydrogens is 375 g/mol. The highest BCUT2D eigenvalue weighted by Gasteiger charge is 2.23. The highest BCUT2D eigenvalue weighted by molar-refractivity contribution is 5.76. The highest BCUT2D eigenvalue weighted by atomic mass is 19.1. The van der Waals surface area contributed by atoms with Crippen molar-refractivity contribution in [3.05, 3.63) is 30.5 Å². The van der Waals surface area contributed by atoms with Crippen molar-refractivity contribution in [1.82, 2.24) is 9.97 Å². The second-order valence-corrected chi connectivity index (χ2v) is 7.79. The highest BCUT2D eigenvalue weighted by Crippen LogP contribution is 2.36. The molecular formula is C22H25FN2O4. The van der Waals surface area contributed by atoms with E-state index < -0.39 is 6.36 Å². The van der Waals surface area contributed by atoms with E-state index in [0.717, 1.165) is 0 Å². The molecule has 29 heavy (non-hydrogen) atoms. The number of ether oxygens (including phenoxy) is 3. The molecule has 2 aromatic heterocycles. The van der Waals surface area contributed by atoms with Crippen LogP contribution in [0.5, 0.6) is 17.4 Å². The Kier molecular flexibility index (Phi) is 5.56. The Morgan fingerprint density at radius 1 is 1.14 bits per heavy atom. The molecule has 1 aliphatic carbocycles. The fourth-order valence-electron chi connectivity index (χ4n) is 2.79. The number of alkyl halides is 1. The first kappa shape index (κ1) is 19.5. The number of aromatic nitrogens is 2. The van der Waals surface area contributed by atoms with E-state index in [4.69, 9.17) is 18.6 Å². The molecule has 6 nitrogen and oxygen atoms in total. The van der Waals surface area contributed by atoms with E-state index in [0.29, 0.717) is 65.0 Å². The summed E-state index contributed by atoms with van der Waals surface area (Å²) in [6.45, 7) is 6.66. The summed E-state index contributed by atoms with van der Waals surface area (Å²) in [6, 6.07) is 7.00. The number of rotatable bonds is 9. The lowest BCUT2D eigenvalue weighted by Gasteiger charge is -2.14. The molecule has 1 aromatic carbocycles. The maximum Gasteiger partial charge on any atom is 0.236 e. The number of benzene rings is 1. The number of halogens is 1. The predicted molar refractivity (Wildman–Crippen MR) is 107 cm³/mol. The van der Waals surface area contributed by atoms with Crippen molar-refractivity contribution in [1.29, 1.82) is 0 Å². The van der Waals surface area contributed by atoms with Crippen LogP contribution in [0.4, 0.5) is 4.39 Å². The van der Waals surface area contributed by atoms with Crippen molar-refractivity contribution in [3.8, 4) is 28.8 Å². The topological polar surface area (TPSA) is 66.6 Å². The van der Waals surface area contributed by atoms with Gasteiger partial charge in [0.25, 0.3) is 0 Å². The number of hydrogen-bond acceptors (Lipinski definition) is 6. The van der Waals surface area contributed by atoms with Crippen LogP contribution in [-0.2, 0) is 0 Å². The Morgan fingerprint density at radius 3 is 2.69 bits per heavy atom. The molecule has 0 N–H and O–H groups in total. The Labute approximate surface area is 169 Å². The zero-order valence-corrected chi connectivity index (χ0v) is 16.9. The van der Waals surface area contributed by atoms with Gasteiger partial charge in [-0.2, -0.15) is 0 Å². The second-order valence-electron chi connectivity index (χ2n) is 7.79. The van der Waals surface area contributed by atoms with Crippen molar-refractivity contribution in [2.24, 2.45) is 11.8 Å². The smallest absolute Gasteiger partial charge is 0.236 e. The summed E-state index contributed by atoms with van der Waals surface area (Å²) in [5, 5.41) is 0. The van der Waals surface area contributed by atoms with Crippen LogP contribution in [0.2, 0.25) is 0 Å². The lowest BCUT2D eigenvalue weighted by molar-refractivity contribution is 0.0813. The lowest BCUT2D eigenvalue weighted by atomic mass is 10.2. The van der Waals surface area contributed by atoms with E-state index in [1.54, 1.807) is 24.4 Å². The minimum atomic E-state index is -1.46. The van der Waals surface area contributed by atoms with Crippen LogP contribution in [0.15, 0.2) is 34.9 Å². The molecule has 1 unspecified atom stereocenters. The summed E-state index contributed by atoms with van der Waals surface area (Å²) in [7, 11) is 0. The Hall–Kier alpha value is -2.83. The molecule has 2 heterocycles. The molecule has 0 saturated heterocycles. The monoisotopic (exact) mass is 400 g/mol. The second kappa shape index (κ2) is 8.27. The summed E-state index contributed by atoms with van der Waals surface area (Å²) in [5.74, 6) is 2.73. The minimum Gasteiger partial charge on any atom is -0.489 e. The van der Waals surface area contributed by atoms with Crippen molar-refractivity contribution in [2.75, 3.05) is 13.2 Å². The van der Waals surface area contributed by atoms with Gasteiger partial charge in [-0.25, -0.2) is 14.4 Å². The molecule has 0 bridgehead atoms. The van der Waals surface area contributed by atoms with Crippen LogP contribution in [0, 0.1) is 11.8 Å². The summed E-state index contributed by atoms with van der Waals surface area (Å²) in [5.41, 5.74) is 1.86. The molecule has 1 fully saturated rings.